The fourth-order valence-corrected chi connectivity index (χ4v) is 1.55. The Morgan fingerprint density at radius 2 is 2.07 bits per heavy atom. The lowest BCUT2D eigenvalue weighted by molar-refractivity contribution is -0.295. The van der Waals surface area contributed by atoms with Gasteiger partial charge in [-0.2, -0.15) is 0 Å². The standard InChI is InChI=1S/C10H18O5/c1-4-5-14-10-9(13-3)8(12)7(11)6(2)15-10/h4,6-12H,1,5H2,2-3H3/t6-,7+,8-,9-,10-/m1/s1. The van der Waals surface area contributed by atoms with E-state index >= 15 is 0 Å². The van der Waals surface area contributed by atoms with Crippen molar-refractivity contribution in [2.24, 2.45) is 0 Å². The van der Waals surface area contributed by atoms with Crippen molar-refractivity contribution in [1.82, 2.24) is 0 Å². The van der Waals surface area contributed by atoms with Gasteiger partial charge in [0.2, 0.25) is 0 Å². The Kier molecular flexibility index (Phi) is 4.69. The van der Waals surface area contributed by atoms with Crippen LogP contribution < -0.4 is 0 Å². The normalized spacial score (nSPS) is 41.5. The number of methoxy groups -OCH3 is 1. The summed E-state index contributed by atoms with van der Waals surface area (Å²) in [6.45, 7) is 5.49. The Bertz CT molecular complexity index is 208. The first kappa shape index (κ1) is 12.6. The summed E-state index contributed by atoms with van der Waals surface area (Å²) in [5, 5.41) is 19.3. The highest BCUT2D eigenvalue weighted by molar-refractivity contribution is 4.88. The summed E-state index contributed by atoms with van der Waals surface area (Å²) in [6, 6.07) is 0. The molecule has 1 aliphatic heterocycles. The van der Waals surface area contributed by atoms with Crippen LogP contribution in [-0.4, -0.2) is 54.6 Å². The molecule has 5 nitrogen and oxygen atoms in total. The van der Waals surface area contributed by atoms with E-state index in [1.807, 2.05) is 0 Å². The molecule has 0 unspecified atom stereocenters. The van der Waals surface area contributed by atoms with Crippen LogP contribution in [0.25, 0.3) is 0 Å². The maximum Gasteiger partial charge on any atom is 0.187 e. The molecule has 1 aliphatic rings. The summed E-state index contributed by atoms with van der Waals surface area (Å²) in [4.78, 5) is 0. The van der Waals surface area contributed by atoms with Crippen molar-refractivity contribution in [1.29, 1.82) is 0 Å². The number of aliphatic hydroxyl groups is 2. The van der Waals surface area contributed by atoms with Gasteiger partial charge in [0.15, 0.2) is 6.29 Å². The zero-order chi connectivity index (χ0) is 11.4. The van der Waals surface area contributed by atoms with E-state index < -0.39 is 30.7 Å². The molecule has 1 fully saturated rings. The molecule has 1 rings (SSSR count). The second-order valence-electron chi connectivity index (χ2n) is 3.51. The highest BCUT2D eigenvalue weighted by Gasteiger charge is 2.43. The second-order valence-corrected chi connectivity index (χ2v) is 3.51. The Hall–Kier alpha value is -0.460. The van der Waals surface area contributed by atoms with Crippen molar-refractivity contribution in [3.8, 4) is 0 Å². The van der Waals surface area contributed by atoms with Crippen molar-refractivity contribution >= 4 is 0 Å². The molecule has 15 heavy (non-hydrogen) atoms. The Labute approximate surface area is 89.3 Å². The molecule has 5 heteroatoms. The predicted octanol–water partition coefficient (Wildman–Crippen LogP) is -0.329. The van der Waals surface area contributed by atoms with Gasteiger partial charge in [-0.1, -0.05) is 6.08 Å². The van der Waals surface area contributed by atoms with Gasteiger partial charge in [-0.15, -0.1) is 6.58 Å². The average molecular weight is 218 g/mol. The number of ether oxygens (including phenoxy) is 3. The second kappa shape index (κ2) is 5.58. The molecule has 0 aliphatic carbocycles. The quantitative estimate of drug-likeness (QED) is 0.632. The molecule has 0 spiro atoms. The molecule has 0 bridgehead atoms. The summed E-state index contributed by atoms with van der Waals surface area (Å²) in [5.41, 5.74) is 0. The molecule has 0 aromatic carbocycles. The van der Waals surface area contributed by atoms with Crippen LogP contribution in [0.4, 0.5) is 0 Å². The van der Waals surface area contributed by atoms with Gasteiger partial charge in [0, 0.05) is 7.11 Å². The number of aliphatic hydroxyl groups excluding tert-OH is 2. The van der Waals surface area contributed by atoms with Crippen molar-refractivity contribution in [3.63, 3.8) is 0 Å². The summed E-state index contributed by atoms with van der Waals surface area (Å²) < 4.78 is 15.7. The van der Waals surface area contributed by atoms with Gasteiger partial charge in [0.05, 0.1) is 12.7 Å². The summed E-state index contributed by atoms with van der Waals surface area (Å²) in [5.74, 6) is 0. The molecule has 88 valence electrons. The van der Waals surface area contributed by atoms with Gasteiger partial charge < -0.3 is 24.4 Å². The Morgan fingerprint density at radius 3 is 2.60 bits per heavy atom. The van der Waals surface area contributed by atoms with E-state index in [2.05, 4.69) is 6.58 Å². The first-order valence-corrected chi connectivity index (χ1v) is 4.88. The first-order chi connectivity index (χ1) is 7.11. The van der Waals surface area contributed by atoms with Crippen LogP contribution in [-0.2, 0) is 14.2 Å². The van der Waals surface area contributed by atoms with Crippen molar-refractivity contribution in [2.75, 3.05) is 13.7 Å². The highest BCUT2D eigenvalue weighted by Crippen LogP contribution is 2.23. The van der Waals surface area contributed by atoms with Crippen LogP contribution in [0.1, 0.15) is 6.92 Å². The van der Waals surface area contributed by atoms with Crippen LogP contribution in [0.2, 0.25) is 0 Å². The number of rotatable bonds is 4. The monoisotopic (exact) mass is 218 g/mol. The molecular weight excluding hydrogens is 200 g/mol. The van der Waals surface area contributed by atoms with Crippen LogP contribution in [0.3, 0.4) is 0 Å². The molecule has 1 heterocycles. The smallest absolute Gasteiger partial charge is 0.187 e. The predicted molar refractivity (Wildman–Crippen MR) is 53.3 cm³/mol. The molecule has 0 aromatic heterocycles. The molecule has 1 saturated heterocycles. The average Bonchev–Trinajstić information content (AvgIpc) is 2.23. The fourth-order valence-electron chi connectivity index (χ4n) is 1.55. The Morgan fingerprint density at radius 1 is 1.40 bits per heavy atom. The maximum absolute atomic E-state index is 9.72. The summed E-state index contributed by atoms with van der Waals surface area (Å²) in [7, 11) is 1.43. The molecule has 2 N–H and O–H groups in total. The minimum atomic E-state index is -1.01. The molecule has 0 saturated carbocycles. The van der Waals surface area contributed by atoms with Gasteiger partial charge in [-0.3, -0.25) is 0 Å². The fraction of sp³-hybridized carbons (Fsp3) is 0.800. The van der Waals surface area contributed by atoms with E-state index in [0.29, 0.717) is 6.61 Å². The first-order valence-electron chi connectivity index (χ1n) is 4.88. The molecule has 0 aromatic rings. The minimum absolute atomic E-state index is 0.306. The Balaban J connectivity index is 2.64. The molecule has 0 radical (unpaired) electrons. The van der Waals surface area contributed by atoms with E-state index in [1.54, 1.807) is 13.0 Å². The van der Waals surface area contributed by atoms with Crippen molar-refractivity contribution < 1.29 is 24.4 Å². The number of hydrogen-bond acceptors (Lipinski definition) is 5. The summed E-state index contributed by atoms with van der Waals surface area (Å²) in [6.07, 6.45) is -2.23. The SMILES string of the molecule is C=CCO[C@@H]1O[C@H](C)[C@H](O)[C@@H](O)[C@H]1OC. The van der Waals surface area contributed by atoms with Crippen LogP contribution in [0.15, 0.2) is 12.7 Å². The summed E-state index contributed by atoms with van der Waals surface area (Å²) >= 11 is 0. The minimum Gasteiger partial charge on any atom is -0.388 e. The van der Waals surface area contributed by atoms with Crippen molar-refractivity contribution in [2.45, 2.75) is 37.6 Å². The topological polar surface area (TPSA) is 68.2 Å². The van der Waals surface area contributed by atoms with Crippen LogP contribution in [0.5, 0.6) is 0 Å². The van der Waals surface area contributed by atoms with E-state index in [0.717, 1.165) is 0 Å². The maximum atomic E-state index is 9.72. The zero-order valence-electron chi connectivity index (χ0n) is 9.00. The lowest BCUT2D eigenvalue weighted by Gasteiger charge is -2.40. The van der Waals surface area contributed by atoms with Gasteiger partial charge >= 0.3 is 0 Å². The number of hydrogen-bond donors (Lipinski definition) is 2. The van der Waals surface area contributed by atoms with Gasteiger partial charge in [0.1, 0.15) is 18.3 Å². The molecular formula is C10H18O5. The van der Waals surface area contributed by atoms with E-state index in [9.17, 15) is 10.2 Å². The largest absolute Gasteiger partial charge is 0.388 e. The lowest BCUT2D eigenvalue weighted by Crippen LogP contribution is -2.58. The van der Waals surface area contributed by atoms with Crippen LogP contribution >= 0.6 is 0 Å². The zero-order valence-corrected chi connectivity index (χ0v) is 9.00. The molecule has 5 atom stereocenters. The molecule has 0 amide bonds. The van der Waals surface area contributed by atoms with Crippen LogP contribution in [0, 0.1) is 0 Å². The van der Waals surface area contributed by atoms with E-state index in [4.69, 9.17) is 14.2 Å². The third-order valence-corrected chi connectivity index (χ3v) is 2.43. The highest BCUT2D eigenvalue weighted by atomic mass is 16.7. The third-order valence-electron chi connectivity index (χ3n) is 2.43. The third kappa shape index (κ3) is 2.76. The lowest BCUT2D eigenvalue weighted by atomic mass is 10.00. The van der Waals surface area contributed by atoms with Gasteiger partial charge in [0.25, 0.3) is 0 Å². The van der Waals surface area contributed by atoms with Gasteiger partial charge in [-0.25, -0.2) is 0 Å². The van der Waals surface area contributed by atoms with E-state index in [-0.39, 0.29) is 0 Å². The van der Waals surface area contributed by atoms with Crippen molar-refractivity contribution in [3.05, 3.63) is 12.7 Å². The van der Waals surface area contributed by atoms with Gasteiger partial charge in [-0.05, 0) is 6.92 Å². The van der Waals surface area contributed by atoms with E-state index in [1.165, 1.54) is 7.11 Å².